The third-order valence-electron chi connectivity index (χ3n) is 1.83. The zero-order chi connectivity index (χ0) is 11.5. The van der Waals surface area contributed by atoms with E-state index in [1.807, 2.05) is 13.0 Å². The molecule has 2 aromatic rings. The van der Waals surface area contributed by atoms with Crippen molar-refractivity contribution in [3.63, 3.8) is 0 Å². The lowest BCUT2D eigenvalue weighted by Gasteiger charge is -2.03. The molecule has 84 valence electrons. The first kappa shape index (κ1) is 10.7. The predicted molar refractivity (Wildman–Crippen MR) is 60.0 cm³/mol. The average molecular weight is 240 g/mol. The summed E-state index contributed by atoms with van der Waals surface area (Å²) in [7, 11) is 0. The number of hydrogen-bond donors (Lipinski definition) is 2. The third-order valence-corrected chi connectivity index (χ3v) is 2.03. The Morgan fingerprint density at radius 1 is 1.44 bits per heavy atom. The fourth-order valence-electron chi connectivity index (χ4n) is 1.20. The van der Waals surface area contributed by atoms with Crippen molar-refractivity contribution in [2.45, 2.75) is 13.5 Å². The summed E-state index contributed by atoms with van der Waals surface area (Å²) in [4.78, 5) is 7.71. The van der Waals surface area contributed by atoms with Crippen LogP contribution in [0.4, 0.5) is 11.8 Å². The van der Waals surface area contributed by atoms with Crippen LogP contribution in [0.5, 0.6) is 0 Å². The summed E-state index contributed by atoms with van der Waals surface area (Å²) in [5.74, 6) is 1.39. The van der Waals surface area contributed by atoms with Gasteiger partial charge in [0.25, 0.3) is 0 Å². The van der Waals surface area contributed by atoms with E-state index in [2.05, 4.69) is 20.4 Å². The Bertz CT molecular complexity index is 478. The number of nitrogens with zero attached hydrogens (tertiary/aromatic N) is 3. The fraction of sp³-hybridized carbons (Fsp3) is 0.222. The van der Waals surface area contributed by atoms with E-state index in [4.69, 9.17) is 21.9 Å². The first-order valence-corrected chi connectivity index (χ1v) is 4.97. The van der Waals surface area contributed by atoms with Crippen LogP contribution in [0.15, 0.2) is 16.7 Å². The van der Waals surface area contributed by atoms with Crippen molar-refractivity contribution in [2.24, 2.45) is 0 Å². The lowest BCUT2D eigenvalue weighted by atomic mass is 10.4. The maximum Gasteiger partial charge on any atom is 0.223 e. The molecule has 16 heavy (non-hydrogen) atoms. The van der Waals surface area contributed by atoms with Gasteiger partial charge in [-0.2, -0.15) is 4.98 Å². The zero-order valence-electron chi connectivity index (χ0n) is 8.57. The Balaban J connectivity index is 2.04. The zero-order valence-corrected chi connectivity index (χ0v) is 9.32. The van der Waals surface area contributed by atoms with Crippen LogP contribution in [0, 0.1) is 6.92 Å². The maximum atomic E-state index is 5.73. The number of nitrogen functional groups attached to an aromatic ring is 1. The summed E-state index contributed by atoms with van der Waals surface area (Å²) < 4.78 is 5.03. The van der Waals surface area contributed by atoms with Crippen molar-refractivity contribution in [2.75, 3.05) is 11.1 Å². The van der Waals surface area contributed by atoms with Gasteiger partial charge in [0.1, 0.15) is 11.0 Å². The Morgan fingerprint density at radius 2 is 2.25 bits per heavy atom. The van der Waals surface area contributed by atoms with E-state index in [-0.39, 0.29) is 5.95 Å². The molecule has 0 spiro atoms. The molecule has 0 amide bonds. The van der Waals surface area contributed by atoms with Gasteiger partial charge in [0.15, 0.2) is 5.76 Å². The van der Waals surface area contributed by atoms with Gasteiger partial charge in [-0.25, -0.2) is 4.98 Å². The number of halogens is 1. The Morgan fingerprint density at radius 3 is 2.88 bits per heavy atom. The minimum absolute atomic E-state index is 0.128. The van der Waals surface area contributed by atoms with Crippen LogP contribution in [0.3, 0.4) is 0 Å². The highest BCUT2D eigenvalue weighted by Gasteiger charge is 2.03. The van der Waals surface area contributed by atoms with Crippen LogP contribution in [-0.2, 0) is 6.54 Å². The highest BCUT2D eigenvalue weighted by molar-refractivity contribution is 6.29. The molecular formula is C9H10ClN5O. The number of aromatic nitrogens is 3. The molecule has 0 aliphatic carbocycles. The second kappa shape index (κ2) is 4.36. The van der Waals surface area contributed by atoms with Crippen molar-refractivity contribution >= 4 is 23.4 Å². The molecule has 0 unspecified atom stereocenters. The molecule has 0 fully saturated rings. The topological polar surface area (TPSA) is 89.9 Å². The normalized spacial score (nSPS) is 10.4. The van der Waals surface area contributed by atoms with Gasteiger partial charge in [-0.1, -0.05) is 16.8 Å². The van der Waals surface area contributed by atoms with E-state index < -0.39 is 0 Å². The SMILES string of the molecule is Cc1cc(CNc2cc(Cl)nc(N)n2)on1. The van der Waals surface area contributed by atoms with Gasteiger partial charge >= 0.3 is 0 Å². The van der Waals surface area contributed by atoms with Gasteiger partial charge in [-0.3, -0.25) is 0 Å². The second-order valence-corrected chi connectivity index (χ2v) is 3.61. The number of nitrogens with one attached hydrogen (secondary N) is 1. The summed E-state index contributed by atoms with van der Waals surface area (Å²) >= 11 is 5.73. The van der Waals surface area contributed by atoms with Crippen molar-refractivity contribution < 1.29 is 4.52 Å². The summed E-state index contributed by atoms with van der Waals surface area (Å²) in [5.41, 5.74) is 6.28. The minimum atomic E-state index is 0.128. The number of anilines is 2. The number of hydrogen-bond acceptors (Lipinski definition) is 6. The van der Waals surface area contributed by atoms with Gasteiger partial charge in [0, 0.05) is 12.1 Å². The van der Waals surface area contributed by atoms with Crippen LogP contribution in [0.25, 0.3) is 0 Å². The quantitative estimate of drug-likeness (QED) is 0.791. The van der Waals surface area contributed by atoms with Crippen molar-refractivity contribution in [1.82, 2.24) is 15.1 Å². The predicted octanol–water partition coefficient (Wildman–Crippen LogP) is 1.62. The monoisotopic (exact) mass is 239 g/mol. The smallest absolute Gasteiger partial charge is 0.223 e. The van der Waals surface area contributed by atoms with Gasteiger partial charge in [0.2, 0.25) is 5.95 Å². The summed E-state index contributed by atoms with van der Waals surface area (Å²) in [6, 6.07) is 3.42. The first-order chi connectivity index (χ1) is 7.63. The first-order valence-electron chi connectivity index (χ1n) is 4.59. The van der Waals surface area contributed by atoms with E-state index in [1.165, 1.54) is 0 Å². The summed E-state index contributed by atoms with van der Waals surface area (Å²) in [5, 5.41) is 7.07. The lowest BCUT2D eigenvalue weighted by Crippen LogP contribution is -2.03. The number of nitrogens with two attached hydrogens (primary N) is 1. The van der Waals surface area contributed by atoms with E-state index in [0.717, 1.165) is 5.69 Å². The molecule has 2 heterocycles. The molecule has 0 aromatic carbocycles. The Hall–Kier alpha value is -1.82. The molecule has 0 bridgehead atoms. The molecule has 0 saturated heterocycles. The van der Waals surface area contributed by atoms with Gasteiger partial charge in [0.05, 0.1) is 12.2 Å². The number of aryl methyl sites for hydroxylation is 1. The van der Waals surface area contributed by atoms with Crippen molar-refractivity contribution in [1.29, 1.82) is 0 Å². The fourth-order valence-corrected chi connectivity index (χ4v) is 1.39. The third kappa shape index (κ3) is 2.60. The van der Waals surface area contributed by atoms with Crippen molar-refractivity contribution in [3.8, 4) is 0 Å². The van der Waals surface area contributed by atoms with Crippen LogP contribution >= 0.6 is 11.6 Å². The highest BCUT2D eigenvalue weighted by Crippen LogP contribution is 2.13. The molecule has 2 rings (SSSR count). The molecule has 0 saturated carbocycles. The largest absolute Gasteiger partial charge is 0.368 e. The second-order valence-electron chi connectivity index (χ2n) is 3.22. The average Bonchev–Trinajstić information content (AvgIpc) is 2.60. The summed E-state index contributed by atoms with van der Waals surface area (Å²) in [6.07, 6.45) is 0. The molecular weight excluding hydrogens is 230 g/mol. The molecule has 7 heteroatoms. The standard InChI is InChI=1S/C9H10ClN5O/c1-5-2-6(16-15-5)4-12-8-3-7(10)13-9(11)14-8/h2-3H,4H2,1H3,(H3,11,12,13,14). The van der Waals surface area contributed by atoms with Crippen molar-refractivity contribution in [3.05, 3.63) is 28.7 Å². The van der Waals surface area contributed by atoms with Gasteiger partial charge in [-0.05, 0) is 6.92 Å². The van der Waals surface area contributed by atoms with Gasteiger partial charge < -0.3 is 15.6 Å². The minimum Gasteiger partial charge on any atom is -0.368 e. The maximum absolute atomic E-state index is 5.73. The van der Waals surface area contributed by atoms with Gasteiger partial charge in [-0.15, -0.1) is 0 Å². The molecule has 2 aromatic heterocycles. The molecule has 6 nitrogen and oxygen atoms in total. The summed E-state index contributed by atoms with van der Waals surface area (Å²) in [6.45, 7) is 2.32. The van der Waals surface area contributed by atoms with E-state index in [0.29, 0.717) is 23.3 Å². The van der Waals surface area contributed by atoms with E-state index in [1.54, 1.807) is 6.07 Å². The van der Waals surface area contributed by atoms with Crippen LogP contribution in [0.2, 0.25) is 5.15 Å². The molecule has 0 radical (unpaired) electrons. The van der Waals surface area contributed by atoms with Crippen LogP contribution in [-0.4, -0.2) is 15.1 Å². The Kier molecular flexibility index (Phi) is 2.91. The lowest BCUT2D eigenvalue weighted by molar-refractivity contribution is 0.384. The molecule has 3 N–H and O–H groups in total. The molecule has 0 aliphatic rings. The Labute approximate surface area is 96.8 Å². The molecule has 0 aliphatic heterocycles. The van der Waals surface area contributed by atoms with Crippen LogP contribution in [0.1, 0.15) is 11.5 Å². The molecule has 0 atom stereocenters. The highest BCUT2D eigenvalue weighted by atomic mass is 35.5. The van der Waals surface area contributed by atoms with E-state index in [9.17, 15) is 0 Å². The van der Waals surface area contributed by atoms with E-state index >= 15 is 0 Å². The number of rotatable bonds is 3. The van der Waals surface area contributed by atoms with Crippen LogP contribution < -0.4 is 11.1 Å².